The van der Waals surface area contributed by atoms with Crippen molar-refractivity contribution in [3.8, 4) is 23.2 Å². The number of ether oxygens (including phenoxy) is 2. The lowest BCUT2D eigenvalue weighted by molar-refractivity contribution is 0.311. The fourth-order valence-corrected chi connectivity index (χ4v) is 3.34. The Kier molecular flexibility index (Phi) is 5.66. The highest BCUT2D eigenvalue weighted by molar-refractivity contribution is 6.02. The van der Waals surface area contributed by atoms with E-state index in [0.29, 0.717) is 45.9 Å². The molecule has 0 unspecified atom stereocenters. The van der Waals surface area contributed by atoms with Gasteiger partial charge in [0.2, 0.25) is 5.88 Å². The molecule has 0 amide bonds. The fourth-order valence-electron chi connectivity index (χ4n) is 3.34. The summed E-state index contributed by atoms with van der Waals surface area (Å²) in [4.78, 5) is 21.8. The zero-order valence-corrected chi connectivity index (χ0v) is 17.1. The van der Waals surface area contributed by atoms with Crippen molar-refractivity contribution in [2.75, 3.05) is 13.7 Å². The maximum atomic E-state index is 13.0. The molecule has 0 aliphatic heterocycles. The van der Waals surface area contributed by atoms with Crippen LogP contribution in [0.4, 0.5) is 5.69 Å². The van der Waals surface area contributed by atoms with Gasteiger partial charge in [-0.15, -0.1) is 0 Å². The molecule has 0 bridgehead atoms. The lowest BCUT2D eigenvalue weighted by Crippen LogP contribution is -2.20. The third-order valence-electron chi connectivity index (χ3n) is 4.77. The Balaban J connectivity index is 1.87. The average Bonchev–Trinajstić information content (AvgIpc) is 2.80. The summed E-state index contributed by atoms with van der Waals surface area (Å²) in [5, 5.41) is 12.1. The minimum absolute atomic E-state index is 0.232. The van der Waals surface area contributed by atoms with Crippen molar-refractivity contribution < 1.29 is 14.6 Å². The third kappa shape index (κ3) is 3.85. The van der Waals surface area contributed by atoms with Gasteiger partial charge in [-0.3, -0.25) is 9.79 Å². The molecule has 7 heteroatoms. The molecule has 0 radical (unpaired) electrons. The quantitative estimate of drug-likeness (QED) is 0.476. The van der Waals surface area contributed by atoms with Gasteiger partial charge in [0.25, 0.3) is 5.56 Å². The molecule has 0 spiro atoms. The van der Waals surface area contributed by atoms with Gasteiger partial charge in [0.15, 0.2) is 11.5 Å². The van der Waals surface area contributed by atoms with E-state index in [4.69, 9.17) is 9.47 Å². The second-order valence-electron chi connectivity index (χ2n) is 6.64. The Morgan fingerprint density at radius 3 is 2.55 bits per heavy atom. The van der Waals surface area contributed by atoms with Gasteiger partial charge < -0.3 is 14.6 Å². The lowest BCUT2D eigenvalue weighted by Gasteiger charge is -2.13. The first-order valence-electron chi connectivity index (χ1n) is 9.77. The molecule has 156 valence electrons. The molecule has 4 aromatic rings. The van der Waals surface area contributed by atoms with E-state index >= 15 is 0 Å². The van der Waals surface area contributed by atoms with Crippen LogP contribution in [-0.4, -0.2) is 34.6 Å². The standard InChI is InChI=1S/C24H21N3O4/c1-3-31-20-12-11-16(14-21(20)30-2)26-15-19-17-8-4-5-9-18(17)23(28)27(24(19)29)22-10-6-7-13-25-22/h4-15,29H,3H2,1-2H3. The number of fused-ring (bicyclic) bond motifs is 1. The average molecular weight is 415 g/mol. The first-order chi connectivity index (χ1) is 15.1. The molecule has 0 fully saturated rings. The van der Waals surface area contributed by atoms with Crippen LogP contribution in [-0.2, 0) is 0 Å². The molecule has 1 N–H and O–H groups in total. The number of benzene rings is 2. The van der Waals surface area contributed by atoms with Crippen LogP contribution in [0.2, 0.25) is 0 Å². The molecule has 0 saturated carbocycles. The minimum atomic E-state index is -0.355. The highest BCUT2D eigenvalue weighted by Gasteiger charge is 2.16. The smallest absolute Gasteiger partial charge is 0.267 e. The van der Waals surface area contributed by atoms with Gasteiger partial charge in [0, 0.05) is 29.3 Å². The summed E-state index contributed by atoms with van der Waals surface area (Å²) in [7, 11) is 1.56. The Bertz CT molecular complexity index is 1310. The fraction of sp³-hybridized carbons (Fsp3) is 0.125. The molecular weight excluding hydrogens is 394 g/mol. The number of rotatable bonds is 6. The number of pyridine rings is 2. The number of hydrogen-bond donors (Lipinski definition) is 1. The molecule has 31 heavy (non-hydrogen) atoms. The Labute approximate surface area is 178 Å². The zero-order chi connectivity index (χ0) is 21.8. The number of nitrogens with zero attached hydrogens (tertiary/aromatic N) is 3. The summed E-state index contributed by atoms with van der Waals surface area (Å²) in [5.41, 5.74) is 0.666. The predicted octanol–water partition coefficient (Wildman–Crippen LogP) is 4.25. The first kappa shape index (κ1) is 20.2. The molecule has 4 rings (SSSR count). The monoisotopic (exact) mass is 415 g/mol. The summed E-state index contributed by atoms with van der Waals surface area (Å²) in [6.45, 7) is 2.42. The molecule has 2 heterocycles. The van der Waals surface area contributed by atoms with Crippen LogP contribution in [0.5, 0.6) is 17.4 Å². The summed E-state index contributed by atoms with van der Waals surface area (Å²) in [6, 6.07) is 17.6. The highest BCUT2D eigenvalue weighted by atomic mass is 16.5. The molecule has 2 aromatic heterocycles. The van der Waals surface area contributed by atoms with Gasteiger partial charge in [-0.05, 0) is 37.3 Å². The van der Waals surface area contributed by atoms with E-state index in [2.05, 4.69) is 9.98 Å². The van der Waals surface area contributed by atoms with Crippen LogP contribution in [0, 0.1) is 0 Å². The molecule has 7 nitrogen and oxygen atoms in total. The van der Waals surface area contributed by atoms with Crippen molar-refractivity contribution in [2.45, 2.75) is 6.92 Å². The Hall–Kier alpha value is -4.13. The van der Waals surface area contributed by atoms with Gasteiger partial charge in [-0.1, -0.05) is 24.3 Å². The van der Waals surface area contributed by atoms with Crippen LogP contribution >= 0.6 is 0 Å². The van der Waals surface area contributed by atoms with E-state index in [1.807, 2.05) is 13.0 Å². The van der Waals surface area contributed by atoms with Crippen LogP contribution in [0.1, 0.15) is 12.5 Å². The van der Waals surface area contributed by atoms with Crippen molar-refractivity contribution in [1.82, 2.24) is 9.55 Å². The van der Waals surface area contributed by atoms with E-state index in [1.165, 1.54) is 10.8 Å². The second-order valence-corrected chi connectivity index (χ2v) is 6.64. The van der Waals surface area contributed by atoms with Crippen LogP contribution < -0.4 is 15.0 Å². The summed E-state index contributed by atoms with van der Waals surface area (Å²) in [6.07, 6.45) is 3.10. The van der Waals surface area contributed by atoms with Gasteiger partial charge >= 0.3 is 0 Å². The van der Waals surface area contributed by atoms with Gasteiger partial charge in [0.1, 0.15) is 5.82 Å². The van der Waals surface area contributed by atoms with Crippen molar-refractivity contribution in [3.63, 3.8) is 0 Å². The Morgan fingerprint density at radius 2 is 1.84 bits per heavy atom. The van der Waals surface area contributed by atoms with Crippen molar-refractivity contribution in [1.29, 1.82) is 0 Å². The van der Waals surface area contributed by atoms with Crippen LogP contribution in [0.3, 0.4) is 0 Å². The number of hydrogen-bond acceptors (Lipinski definition) is 6. The lowest BCUT2D eigenvalue weighted by atomic mass is 10.1. The number of methoxy groups -OCH3 is 1. The van der Waals surface area contributed by atoms with E-state index in [-0.39, 0.29) is 11.4 Å². The van der Waals surface area contributed by atoms with E-state index in [0.717, 1.165) is 0 Å². The maximum absolute atomic E-state index is 13.0. The summed E-state index contributed by atoms with van der Waals surface area (Å²) >= 11 is 0. The molecule has 0 atom stereocenters. The number of aromatic nitrogens is 2. The van der Waals surface area contributed by atoms with E-state index < -0.39 is 0 Å². The van der Waals surface area contributed by atoms with Crippen LogP contribution in [0.15, 0.2) is 76.6 Å². The minimum Gasteiger partial charge on any atom is -0.494 e. The normalized spacial score (nSPS) is 11.2. The van der Waals surface area contributed by atoms with Gasteiger partial charge in [0.05, 0.1) is 25.0 Å². The van der Waals surface area contributed by atoms with Gasteiger partial charge in [-0.2, -0.15) is 0 Å². The van der Waals surface area contributed by atoms with E-state index in [9.17, 15) is 9.90 Å². The topological polar surface area (TPSA) is 85.9 Å². The molecular formula is C24H21N3O4. The largest absolute Gasteiger partial charge is 0.494 e. The van der Waals surface area contributed by atoms with Crippen LogP contribution in [0.25, 0.3) is 16.6 Å². The molecule has 0 aliphatic carbocycles. The third-order valence-corrected chi connectivity index (χ3v) is 4.77. The maximum Gasteiger partial charge on any atom is 0.267 e. The highest BCUT2D eigenvalue weighted by Crippen LogP contribution is 2.32. The first-order valence-corrected chi connectivity index (χ1v) is 9.77. The Morgan fingerprint density at radius 1 is 1.06 bits per heavy atom. The summed E-state index contributed by atoms with van der Waals surface area (Å²) < 4.78 is 12.1. The number of aromatic hydroxyl groups is 1. The number of aliphatic imine (C=N–C) groups is 1. The summed E-state index contributed by atoms with van der Waals surface area (Å²) in [5.74, 6) is 1.28. The van der Waals surface area contributed by atoms with Crippen molar-refractivity contribution in [2.24, 2.45) is 4.99 Å². The second kappa shape index (κ2) is 8.71. The van der Waals surface area contributed by atoms with E-state index in [1.54, 1.807) is 67.9 Å². The van der Waals surface area contributed by atoms with Gasteiger partial charge in [-0.25, -0.2) is 9.55 Å². The SMILES string of the molecule is CCOc1ccc(N=Cc2c(O)n(-c3ccccn3)c(=O)c3ccccc23)cc1OC. The molecule has 0 saturated heterocycles. The van der Waals surface area contributed by atoms with Crippen molar-refractivity contribution in [3.05, 3.63) is 82.8 Å². The van der Waals surface area contributed by atoms with Crippen molar-refractivity contribution >= 4 is 22.7 Å². The molecule has 0 aliphatic rings. The molecule has 2 aromatic carbocycles. The predicted molar refractivity (Wildman–Crippen MR) is 120 cm³/mol. The zero-order valence-electron chi connectivity index (χ0n) is 17.1.